The summed E-state index contributed by atoms with van der Waals surface area (Å²) in [5, 5.41) is 6.75. The normalized spacial score (nSPS) is 16.1. The Kier molecular flexibility index (Phi) is 4.18. The van der Waals surface area contributed by atoms with E-state index in [9.17, 15) is 0 Å². The van der Waals surface area contributed by atoms with Crippen LogP contribution in [0.2, 0.25) is 0 Å². The van der Waals surface area contributed by atoms with Crippen molar-refractivity contribution in [2.24, 2.45) is 0 Å². The maximum Gasteiger partial charge on any atom is 0.224 e. The van der Waals surface area contributed by atoms with Crippen LogP contribution < -0.4 is 10.6 Å². The lowest BCUT2D eigenvalue weighted by atomic mass is 10.2. The predicted octanol–water partition coefficient (Wildman–Crippen LogP) is 2.96. The molecule has 1 saturated carbocycles. The summed E-state index contributed by atoms with van der Waals surface area (Å²) in [6, 6.07) is 2.62. The Morgan fingerprint density at radius 2 is 2.06 bits per heavy atom. The fourth-order valence-electron chi connectivity index (χ4n) is 2.24. The number of nitrogens with zero attached hydrogens (tertiary/aromatic N) is 2. The topological polar surface area (TPSA) is 49.8 Å². The van der Waals surface area contributed by atoms with Crippen molar-refractivity contribution in [1.82, 2.24) is 9.97 Å². The highest BCUT2D eigenvalue weighted by molar-refractivity contribution is 5.43. The highest BCUT2D eigenvalue weighted by atomic mass is 15.1. The summed E-state index contributed by atoms with van der Waals surface area (Å²) < 4.78 is 0. The lowest BCUT2D eigenvalue weighted by molar-refractivity contribution is 0.749. The van der Waals surface area contributed by atoms with Gasteiger partial charge < -0.3 is 10.6 Å². The molecule has 0 radical (unpaired) electrons. The molecule has 1 aliphatic carbocycles. The second-order valence-corrected chi connectivity index (χ2v) is 4.77. The van der Waals surface area contributed by atoms with Crippen LogP contribution in [0.1, 0.15) is 44.7 Å². The van der Waals surface area contributed by atoms with Gasteiger partial charge >= 0.3 is 0 Å². The average Bonchev–Trinajstić information content (AvgIpc) is 2.78. The second-order valence-electron chi connectivity index (χ2n) is 4.77. The molecule has 0 bridgehead atoms. The minimum Gasteiger partial charge on any atom is -0.367 e. The minimum absolute atomic E-state index is 0.600. The first-order valence-electron chi connectivity index (χ1n) is 6.64. The maximum absolute atomic E-state index is 4.50. The molecule has 1 aromatic rings. The van der Waals surface area contributed by atoms with E-state index in [1.807, 2.05) is 13.0 Å². The Morgan fingerprint density at radius 3 is 2.76 bits per heavy atom. The quantitative estimate of drug-likeness (QED) is 0.822. The lowest BCUT2D eigenvalue weighted by Crippen LogP contribution is -2.16. The third-order valence-corrected chi connectivity index (χ3v) is 3.09. The molecule has 2 rings (SSSR count). The third kappa shape index (κ3) is 3.58. The molecular formula is C13H22N4. The first kappa shape index (κ1) is 12.1. The van der Waals surface area contributed by atoms with E-state index in [0.29, 0.717) is 6.04 Å². The SMILES string of the molecule is CCCNc1nc(C)cc(NC2CCCC2)n1. The largest absolute Gasteiger partial charge is 0.367 e. The van der Waals surface area contributed by atoms with Crippen molar-refractivity contribution in [3.05, 3.63) is 11.8 Å². The van der Waals surface area contributed by atoms with E-state index in [-0.39, 0.29) is 0 Å². The van der Waals surface area contributed by atoms with E-state index in [4.69, 9.17) is 0 Å². The molecule has 1 aromatic heterocycles. The number of anilines is 2. The van der Waals surface area contributed by atoms with Gasteiger partial charge in [0.15, 0.2) is 0 Å². The van der Waals surface area contributed by atoms with Crippen molar-refractivity contribution < 1.29 is 0 Å². The summed E-state index contributed by atoms with van der Waals surface area (Å²) in [4.78, 5) is 8.88. The van der Waals surface area contributed by atoms with Crippen molar-refractivity contribution in [3.8, 4) is 0 Å². The Morgan fingerprint density at radius 1 is 1.29 bits per heavy atom. The van der Waals surface area contributed by atoms with Crippen molar-refractivity contribution in [3.63, 3.8) is 0 Å². The number of aromatic nitrogens is 2. The standard InChI is InChI=1S/C13H22N4/c1-3-8-14-13-15-10(2)9-12(17-13)16-11-6-4-5-7-11/h9,11H,3-8H2,1-2H3,(H2,14,15,16,17). The van der Waals surface area contributed by atoms with Gasteiger partial charge in [0, 0.05) is 24.3 Å². The van der Waals surface area contributed by atoms with Crippen LogP contribution in [-0.2, 0) is 0 Å². The van der Waals surface area contributed by atoms with Crippen LogP contribution in [0.15, 0.2) is 6.07 Å². The molecule has 0 amide bonds. The summed E-state index contributed by atoms with van der Waals surface area (Å²) in [7, 11) is 0. The van der Waals surface area contributed by atoms with Crippen LogP contribution in [0.4, 0.5) is 11.8 Å². The first-order chi connectivity index (χ1) is 8.28. The highest BCUT2D eigenvalue weighted by Gasteiger charge is 2.15. The van der Waals surface area contributed by atoms with E-state index >= 15 is 0 Å². The Balaban J connectivity index is 2.02. The van der Waals surface area contributed by atoms with Crippen molar-refractivity contribution in [2.75, 3.05) is 17.2 Å². The minimum atomic E-state index is 0.600. The predicted molar refractivity (Wildman–Crippen MR) is 71.4 cm³/mol. The summed E-state index contributed by atoms with van der Waals surface area (Å²) in [6.07, 6.45) is 6.29. The maximum atomic E-state index is 4.50. The van der Waals surface area contributed by atoms with Gasteiger partial charge in [0.1, 0.15) is 5.82 Å². The molecule has 1 fully saturated rings. The monoisotopic (exact) mass is 234 g/mol. The molecule has 4 heteroatoms. The van der Waals surface area contributed by atoms with Crippen LogP contribution in [-0.4, -0.2) is 22.6 Å². The zero-order chi connectivity index (χ0) is 12.1. The molecule has 94 valence electrons. The summed E-state index contributed by atoms with van der Waals surface area (Å²) >= 11 is 0. The second kappa shape index (κ2) is 5.84. The zero-order valence-electron chi connectivity index (χ0n) is 10.8. The van der Waals surface area contributed by atoms with Crippen LogP contribution in [0, 0.1) is 6.92 Å². The van der Waals surface area contributed by atoms with Crippen molar-refractivity contribution in [2.45, 2.75) is 52.0 Å². The highest BCUT2D eigenvalue weighted by Crippen LogP contribution is 2.22. The number of rotatable bonds is 5. The van der Waals surface area contributed by atoms with Gasteiger partial charge in [-0.2, -0.15) is 4.98 Å². The number of hydrogen-bond donors (Lipinski definition) is 2. The molecule has 17 heavy (non-hydrogen) atoms. The third-order valence-electron chi connectivity index (χ3n) is 3.09. The van der Waals surface area contributed by atoms with E-state index in [1.165, 1.54) is 25.7 Å². The van der Waals surface area contributed by atoms with Gasteiger partial charge in [-0.05, 0) is 26.2 Å². The molecular weight excluding hydrogens is 212 g/mol. The van der Waals surface area contributed by atoms with Crippen LogP contribution in [0.25, 0.3) is 0 Å². The van der Waals surface area contributed by atoms with Crippen LogP contribution >= 0.6 is 0 Å². The van der Waals surface area contributed by atoms with Gasteiger partial charge in [-0.3, -0.25) is 0 Å². The fraction of sp³-hybridized carbons (Fsp3) is 0.692. The van der Waals surface area contributed by atoms with Crippen molar-refractivity contribution >= 4 is 11.8 Å². The van der Waals surface area contributed by atoms with Gasteiger partial charge in [-0.1, -0.05) is 19.8 Å². The zero-order valence-corrected chi connectivity index (χ0v) is 10.8. The Bertz CT molecular complexity index is 358. The molecule has 1 aliphatic rings. The van der Waals surface area contributed by atoms with Crippen LogP contribution in [0.5, 0.6) is 0 Å². The lowest BCUT2D eigenvalue weighted by Gasteiger charge is -2.14. The Labute approximate surface area is 103 Å². The van der Waals surface area contributed by atoms with Gasteiger partial charge in [0.25, 0.3) is 0 Å². The molecule has 0 unspecified atom stereocenters. The molecule has 0 saturated heterocycles. The van der Waals surface area contributed by atoms with Crippen molar-refractivity contribution in [1.29, 1.82) is 0 Å². The van der Waals surface area contributed by atoms with E-state index < -0.39 is 0 Å². The average molecular weight is 234 g/mol. The van der Waals surface area contributed by atoms with Gasteiger partial charge in [-0.15, -0.1) is 0 Å². The van der Waals surface area contributed by atoms with Crippen LogP contribution in [0.3, 0.4) is 0 Å². The van der Waals surface area contributed by atoms with Gasteiger partial charge in [0.2, 0.25) is 5.95 Å². The summed E-state index contributed by atoms with van der Waals surface area (Å²) in [5.74, 6) is 1.70. The molecule has 0 spiro atoms. The summed E-state index contributed by atoms with van der Waals surface area (Å²) in [5.41, 5.74) is 1.01. The number of nitrogens with one attached hydrogen (secondary N) is 2. The molecule has 1 heterocycles. The smallest absolute Gasteiger partial charge is 0.224 e. The van der Waals surface area contributed by atoms with Gasteiger partial charge in [-0.25, -0.2) is 4.98 Å². The van der Waals surface area contributed by atoms with E-state index in [2.05, 4.69) is 27.5 Å². The molecule has 2 N–H and O–H groups in total. The van der Waals surface area contributed by atoms with Gasteiger partial charge in [0.05, 0.1) is 0 Å². The molecule has 0 aromatic carbocycles. The molecule has 0 atom stereocenters. The Hall–Kier alpha value is -1.32. The fourth-order valence-corrected chi connectivity index (χ4v) is 2.24. The van der Waals surface area contributed by atoms with E-state index in [0.717, 1.165) is 30.4 Å². The molecule has 4 nitrogen and oxygen atoms in total. The summed E-state index contributed by atoms with van der Waals surface area (Å²) in [6.45, 7) is 5.07. The first-order valence-corrected chi connectivity index (χ1v) is 6.64. The number of aryl methyl sites for hydroxylation is 1. The molecule has 0 aliphatic heterocycles. The van der Waals surface area contributed by atoms with E-state index in [1.54, 1.807) is 0 Å². The number of hydrogen-bond acceptors (Lipinski definition) is 4.